The lowest BCUT2D eigenvalue weighted by Crippen LogP contribution is -2.11. The van der Waals surface area contributed by atoms with E-state index in [1.54, 1.807) is 17.7 Å². The Balaban J connectivity index is 2.28. The fraction of sp³-hybridized carbons (Fsp3) is 0.250. The van der Waals surface area contributed by atoms with Gasteiger partial charge in [-0.1, -0.05) is 30.3 Å². The number of aromatic nitrogens is 2. The summed E-state index contributed by atoms with van der Waals surface area (Å²) in [4.78, 5) is 11.2. The molecule has 3 rings (SSSR count). The van der Waals surface area contributed by atoms with E-state index < -0.39 is 0 Å². The van der Waals surface area contributed by atoms with E-state index in [2.05, 4.69) is 60.3 Å². The molecule has 0 aliphatic carbocycles. The number of nitrogens with one attached hydrogen (secondary N) is 1. The first-order chi connectivity index (χ1) is 9.66. The highest BCUT2D eigenvalue weighted by atomic mass is 32.1. The fourth-order valence-electron chi connectivity index (χ4n) is 2.38. The van der Waals surface area contributed by atoms with E-state index in [0.717, 1.165) is 16.0 Å². The summed E-state index contributed by atoms with van der Waals surface area (Å²) >= 11 is 1.72. The second-order valence-corrected chi connectivity index (χ2v) is 6.30. The number of aryl methyl sites for hydroxylation is 1. The Labute approximate surface area is 122 Å². The lowest BCUT2D eigenvalue weighted by molar-refractivity contribution is 0.890. The summed E-state index contributed by atoms with van der Waals surface area (Å²) in [6.45, 7) is 6.39. The maximum absolute atomic E-state index is 4.43. The van der Waals surface area contributed by atoms with Crippen molar-refractivity contribution in [3.8, 4) is 11.1 Å². The Kier molecular flexibility index (Phi) is 3.40. The predicted octanol–water partition coefficient (Wildman–Crippen LogP) is 4.49. The molecule has 4 heteroatoms. The summed E-state index contributed by atoms with van der Waals surface area (Å²) in [6, 6.07) is 10.8. The van der Waals surface area contributed by atoms with Crippen molar-refractivity contribution >= 4 is 27.4 Å². The third-order valence-corrected chi connectivity index (χ3v) is 4.17. The van der Waals surface area contributed by atoms with Crippen LogP contribution in [0.5, 0.6) is 0 Å². The number of anilines is 1. The van der Waals surface area contributed by atoms with Crippen LogP contribution in [0.1, 0.15) is 18.7 Å². The minimum Gasteiger partial charge on any atom is -0.367 e. The second-order valence-electron chi connectivity index (χ2n) is 5.10. The maximum atomic E-state index is 4.43. The Morgan fingerprint density at radius 2 is 1.85 bits per heavy atom. The van der Waals surface area contributed by atoms with Gasteiger partial charge >= 0.3 is 0 Å². The van der Waals surface area contributed by atoms with E-state index in [1.807, 2.05) is 6.07 Å². The number of thiophene rings is 1. The molecule has 102 valence electrons. The van der Waals surface area contributed by atoms with Crippen molar-refractivity contribution in [1.82, 2.24) is 9.97 Å². The molecular formula is C16H17N3S. The van der Waals surface area contributed by atoms with Crippen LogP contribution in [0.4, 0.5) is 5.82 Å². The summed E-state index contributed by atoms with van der Waals surface area (Å²) in [5.74, 6) is 0.924. The Morgan fingerprint density at radius 1 is 1.10 bits per heavy atom. The summed E-state index contributed by atoms with van der Waals surface area (Å²) in [5, 5.41) is 4.56. The maximum Gasteiger partial charge on any atom is 0.139 e. The van der Waals surface area contributed by atoms with Gasteiger partial charge in [-0.15, -0.1) is 11.3 Å². The zero-order chi connectivity index (χ0) is 14.1. The molecule has 1 aromatic carbocycles. The molecule has 2 aromatic heterocycles. The van der Waals surface area contributed by atoms with E-state index in [1.165, 1.54) is 16.0 Å². The van der Waals surface area contributed by atoms with Gasteiger partial charge in [0.2, 0.25) is 0 Å². The number of hydrogen-bond donors (Lipinski definition) is 1. The average Bonchev–Trinajstić information content (AvgIpc) is 2.76. The number of benzene rings is 1. The third kappa shape index (κ3) is 2.27. The molecule has 0 spiro atoms. The van der Waals surface area contributed by atoms with Gasteiger partial charge < -0.3 is 5.32 Å². The molecule has 1 N–H and O–H groups in total. The second kappa shape index (κ2) is 5.21. The molecular weight excluding hydrogens is 266 g/mol. The largest absolute Gasteiger partial charge is 0.367 e. The number of nitrogens with zero attached hydrogens (tertiary/aromatic N) is 2. The fourth-order valence-corrected chi connectivity index (χ4v) is 3.39. The van der Waals surface area contributed by atoms with Crippen LogP contribution in [-0.2, 0) is 0 Å². The quantitative estimate of drug-likeness (QED) is 0.769. The Morgan fingerprint density at radius 3 is 2.55 bits per heavy atom. The van der Waals surface area contributed by atoms with Crippen molar-refractivity contribution in [2.75, 3.05) is 5.32 Å². The first-order valence-corrected chi connectivity index (χ1v) is 7.54. The highest BCUT2D eigenvalue weighted by Gasteiger charge is 2.16. The molecule has 3 aromatic rings. The van der Waals surface area contributed by atoms with Gasteiger partial charge in [0, 0.05) is 16.5 Å². The minimum atomic E-state index is 0.344. The predicted molar refractivity (Wildman–Crippen MR) is 86.3 cm³/mol. The highest BCUT2D eigenvalue weighted by Crippen LogP contribution is 2.40. The van der Waals surface area contributed by atoms with Crippen LogP contribution in [-0.4, -0.2) is 16.0 Å². The van der Waals surface area contributed by atoms with Gasteiger partial charge in [-0.2, -0.15) is 0 Å². The molecule has 0 saturated carbocycles. The van der Waals surface area contributed by atoms with E-state index in [4.69, 9.17) is 0 Å². The van der Waals surface area contributed by atoms with Crippen LogP contribution in [0, 0.1) is 6.92 Å². The minimum absolute atomic E-state index is 0.344. The monoisotopic (exact) mass is 283 g/mol. The van der Waals surface area contributed by atoms with Crippen LogP contribution >= 0.6 is 11.3 Å². The zero-order valence-corrected chi connectivity index (χ0v) is 12.7. The number of rotatable bonds is 3. The lowest BCUT2D eigenvalue weighted by Gasteiger charge is -2.11. The topological polar surface area (TPSA) is 37.8 Å². The van der Waals surface area contributed by atoms with Crippen molar-refractivity contribution in [2.24, 2.45) is 0 Å². The molecule has 0 radical (unpaired) electrons. The van der Waals surface area contributed by atoms with Gasteiger partial charge in [-0.3, -0.25) is 0 Å². The first-order valence-electron chi connectivity index (χ1n) is 6.73. The standard InChI is InChI=1S/C16H17N3S/c1-10(2)19-15-14-13(12-7-5-4-6-8-12)11(3)20-16(14)18-9-17-15/h4-10H,1-3H3,(H,17,18,19). The van der Waals surface area contributed by atoms with Gasteiger partial charge in [0.15, 0.2) is 0 Å². The normalized spacial score (nSPS) is 11.2. The molecule has 2 heterocycles. The Hall–Kier alpha value is -1.94. The van der Waals surface area contributed by atoms with Crippen molar-refractivity contribution in [3.63, 3.8) is 0 Å². The van der Waals surface area contributed by atoms with Crippen molar-refractivity contribution in [3.05, 3.63) is 41.5 Å². The lowest BCUT2D eigenvalue weighted by atomic mass is 10.0. The smallest absolute Gasteiger partial charge is 0.139 e. The molecule has 0 fully saturated rings. The molecule has 0 amide bonds. The third-order valence-electron chi connectivity index (χ3n) is 3.15. The molecule has 0 bridgehead atoms. The van der Waals surface area contributed by atoms with Crippen LogP contribution in [0.15, 0.2) is 36.7 Å². The first kappa shape index (κ1) is 13.1. The van der Waals surface area contributed by atoms with Crippen LogP contribution in [0.2, 0.25) is 0 Å². The van der Waals surface area contributed by atoms with Gasteiger partial charge in [0.05, 0.1) is 5.39 Å². The SMILES string of the molecule is Cc1sc2ncnc(NC(C)C)c2c1-c1ccccc1. The molecule has 0 atom stereocenters. The van der Waals surface area contributed by atoms with Crippen molar-refractivity contribution in [1.29, 1.82) is 0 Å². The summed E-state index contributed by atoms with van der Waals surface area (Å²) in [5.41, 5.74) is 2.47. The van der Waals surface area contributed by atoms with Crippen molar-refractivity contribution in [2.45, 2.75) is 26.8 Å². The van der Waals surface area contributed by atoms with E-state index in [0.29, 0.717) is 6.04 Å². The Bertz CT molecular complexity index is 732. The summed E-state index contributed by atoms with van der Waals surface area (Å²) in [6.07, 6.45) is 1.64. The molecule has 20 heavy (non-hydrogen) atoms. The van der Waals surface area contributed by atoms with Crippen LogP contribution < -0.4 is 5.32 Å². The van der Waals surface area contributed by atoms with Crippen LogP contribution in [0.25, 0.3) is 21.3 Å². The molecule has 0 saturated heterocycles. The molecule has 3 nitrogen and oxygen atoms in total. The van der Waals surface area contributed by atoms with Crippen molar-refractivity contribution < 1.29 is 0 Å². The molecule has 0 aliphatic heterocycles. The summed E-state index contributed by atoms with van der Waals surface area (Å²) < 4.78 is 0. The van der Waals surface area contributed by atoms with Gasteiger partial charge in [0.1, 0.15) is 17.0 Å². The molecule has 0 unspecified atom stereocenters. The highest BCUT2D eigenvalue weighted by molar-refractivity contribution is 7.19. The molecule has 0 aliphatic rings. The number of hydrogen-bond acceptors (Lipinski definition) is 4. The average molecular weight is 283 g/mol. The van der Waals surface area contributed by atoms with E-state index in [9.17, 15) is 0 Å². The van der Waals surface area contributed by atoms with Gasteiger partial charge in [0.25, 0.3) is 0 Å². The van der Waals surface area contributed by atoms with Crippen LogP contribution in [0.3, 0.4) is 0 Å². The van der Waals surface area contributed by atoms with Gasteiger partial charge in [-0.05, 0) is 26.3 Å². The van der Waals surface area contributed by atoms with E-state index in [-0.39, 0.29) is 0 Å². The zero-order valence-electron chi connectivity index (χ0n) is 11.8. The summed E-state index contributed by atoms with van der Waals surface area (Å²) in [7, 11) is 0. The van der Waals surface area contributed by atoms with Gasteiger partial charge in [-0.25, -0.2) is 9.97 Å². The van der Waals surface area contributed by atoms with E-state index >= 15 is 0 Å². The number of fused-ring (bicyclic) bond motifs is 1.